The molecule has 0 radical (unpaired) electrons. The Kier molecular flexibility index (Phi) is 8.77. The molecule has 0 atom stereocenters. The minimum atomic E-state index is -0.884. The average Bonchev–Trinajstić information content (AvgIpc) is 3.80. The van der Waals surface area contributed by atoms with Crippen LogP contribution in [0.4, 0.5) is 0 Å². The van der Waals surface area contributed by atoms with Crippen LogP contribution < -0.4 is 21.4 Å². The summed E-state index contributed by atoms with van der Waals surface area (Å²) >= 11 is 0. The van der Waals surface area contributed by atoms with Gasteiger partial charge in [-0.1, -0.05) is 48.5 Å². The number of nitrogens with one attached hydrogen (secondary N) is 3. The third kappa shape index (κ3) is 4.75. The second-order valence-corrected chi connectivity index (χ2v) is 11.4. The quantitative estimate of drug-likeness (QED) is 0.220. The van der Waals surface area contributed by atoms with E-state index in [9.17, 15) is 9.90 Å². The van der Waals surface area contributed by atoms with Crippen molar-refractivity contribution in [3.63, 3.8) is 0 Å². The number of nitrogens with zero attached hydrogens (tertiary/aromatic N) is 1. The maximum absolute atomic E-state index is 13.5. The molecule has 0 saturated carbocycles. The zero-order valence-electron chi connectivity index (χ0n) is 27.3. The highest BCUT2D eigenvalue weighted by Gasteiger charge is 2.28. The van der Waals surface area contributed by atoms with E-state index in [4.69, 9.17) is 0 Å². The van der Waals surface area contributed by atoms with Gasteiger partial charge < -0.3 is 24.6 Å². The minimum Gasteiger partial charge on any atom is -0.478 e. The van der Waals surface area contributed by atoms with E-state index in [1.807, 2.05) is 0 Å². The van der Waals surface area contributed by atoms with Gasteiger partial charge in [0.25, 0.3) is 0 Å². The summed E-state index contributed by atoms with van der Waals surface area (Å²) in [4.78, 5) is 24.8. The van der Waals surface area contributed by atoms with Gasteiger partial charge in [0, 0.05) is 39.7 Å². The molecule has 0 unspecified atom stereocenters. The maximum Gasteiger partial charge on any atom is 0.339 e. The molecule has 1 aliphatic rings. The van der Waals surface area contributed by atoms with E-state index in [2.05, 4.69) is 99.2 Å². The Morgan fingerprint density at radius 2 is 1.09 bits per heavy atom. The normalized spacial score (nSPS) is 13.4. The largest absolute Gasteiger partial charge is 0.478 e. The topological polar surface area (TPSA) is 89.6 Å². The number of aromatic amines is 3. The Labute approximate surface area is 255 Å². The highest BCUT2D eigenvalue weighted by Crippen LogP contribution is 2.31. The average molecular weight is 581 g/mol. The number of rotatable bonds is 9. The van der Waals surface area contributed by atoms with Gasteiger partial charge >= 0.3 is 5.97 Å². The van der Waals surface area contributed by atoms with Crippen molar-refractivity contribution in [2.45, 2.75) is 107 Å². The highest BCUT2D eigenvalue weighted by molar-refractivity contribution is 6.15. The van der Waals surface area contributed by atoms with Crippen molar-refractivity contribution in [3.05, 3.63) is 90.7 Å². The van der Waals surface area contributed by atoms with Gasteiger partial charge in [-0.25, -0.2) is 4.79 Å². The molecule has 8 bridgehead atoms. The number of carboxylic acids is 1. The molecule has 0 fully saturated rings. The van der Waals surface area contributed by atoms with Crippen molar-refractivity contribution in [3.8, 4) is 0 Å². The van der Waals surface area contributed by atoms with Gasteiger partial charge in [-0.15, -0.1) is 0 Å². The summed E-state index contributed by atoms with van der Waals surface area (Å²) in [5.74, 6) is -0.884. The van der Waals surface area contributed by atoms with Crippen LogP contribution in [0.1, 0.15) is 120 Å². The molecule has 6 heteroatoms. The van der Waals surface area contributed by atoms with Crippen molar-refractivity contribution >= 4 is 28.3 Å². The van der Waals surface area contributed by atoms with Gasteiger partial charge in [-0.2, -0.15) is 0 Å². The Morgan fingerprint density at radius 3 is 1.60 bits per heavy atom. The molecule has 0 amide bonds. The Morgan fingerprint density at radius 1 is 0.581 bits per heavy atom. The molecule has 1 aliphatic heterocycles. The lowest BCUT2D eigenvalue weighted by Gasteiger charge is -2.11. The molecule has 4 aromatic rings. The first-order valence-electron chi connectivity index (χ1n) is 16.4. The van der Waals surface area contributed by atoms with E-state index in [0.717, 1.165) is 94.9 Å². The van der Waals surface area contributed by atoms with Crippen molar-refractivity contribution in [2.75, 3.05) is 0 Å². The van der Waals surface area contributed by atoms with Crippen LogP contribution in [-0.2, 0) is 37.0 Å². The smallest absolute Gasteiger partial charge is 0.339 e. The van der Waals surface area contributed by atoms with Gasteiger partial charge in [0.15, 0.2) is 0 Å². The molecule has 0 saturated heterocycles. The number of carbonyl (C=O) groups is 1. The van der Waals surface area contributed by atoms with E-state index in [1.165, 1.54) is 33.2 Å². The van der Waals surface area contributed by atoms with E-state index < -0.39 is 5.97 Å². The Balaban J connectivity index is 2.17. The molecule has 5 heterocycles. The van der Waals surface area contributed by atoms with Gasteiger partial charge in [-0.3, -0.25) is 0 Å². The molecule has 4 N–H and O–H groups in total. The first-order valence-corrected chi connectivity index (χ1v) is 16.4. The van der Waals surface area contributed by atoms with Crippen LogP contribution in [0.2, 0.25) is 0 Å². The molecular formula is C37H48N4O2. The molecule has 0 spiro atoms. The van der Waals surface area contributed by atoms with Gasteiger partial charge in [0.2, 0.25) is 0 Å². The van der Waals surface area contributed by atoms with E-state index in [1.54, 1.807) is 0 Å². The third-order valence-corrected chi connectivity index (χ3v) is 9.45. The van der Waals surface area contributed by atoms with E-state index in [0.29, 0.717) is 12.1 Å². The van der Waals surface area contributed by atoms with Crippen molar-refractivity contribution < 1.29 is 9.90 Å². The van der Waals surface area contributed by atoms with Crippen LogP contribution >= 0.6 is 0 Å². The summed E-state index contributed by atoms with van der Waals surface area (Å²) < 4.78 is 2.29. The molecular weight excluding hydrogens is 532 g/mol. The molecule has 228 valence electrons. The molecule has 6 nitrogen and oxygen atoms in total. The number of hydrogen-bond donors (Lipinski definition) is 4. The van der Waals surface area contributed by atoms with Crippen LogP contribution in [0.25, 0.3) is 22.3 Å². The summed E-state index contributed by atoms with van der Waals surface area (Å²) in [7, 11) is 0. The first kappa shape index (κ1) is 30.5. The lowest BCUT2D eigenvalue weighted by Crippen LogP contribution is -2.33. The summed E-state index contributed by atoms with van der Waals surface area (Å²) in [6, 6.07) is 8.77. The summed E-state index contributed by atoms with van der Waals surface area (Å²) in [5, 5.41) is 15.2. The summed E-state index contributed by atoms with van der Waals surface area (Å²) in [5.41, 5.74) is 12.8. The Bertz CT molecular complexity index is 1940. The molecule has 5 rings (SSSR count). The number of fused-ring (bicyclic) bond motifs is 8. The lowest BCUT2D eigenvalue weighted by molar-refractivity contribution is -0.130. The van der Waals surface area contributed by atoms with Gasteiger partial charge in [0.1, 0.15) is 5.57 Å². The van der Waals surface area contributed by atoms with Crippen LogP contribution in [-0.4, -0.2) is 30.6 Å². The number of aromatic nitrogens is 4. The second-order valence-electron chi connectivity index (χ2n) is 11.4. The lowest BCUT2D eigenvalue weighted by atomic mass is 9.96. The van der Waals surface area contributed by atoms with Crippen LogP contribution in [0.3, 0.4) is 0 Å². The predicted molar refractivity (Wildman–Crippen MR) is 177 cm³/mol. The van der Waals surface area contributed by atoms with Gasteiger partial charge in [-0.05, 0) is 115 Å². The first-order chi connectivity index (χ1) is 20.8. The third-order valence-electron chi connectivity index (χ3n) is 9.45. The highest BCUT2D eigenvalue weighted by atomic mass is 16.4. The van der Waals surface area contributed by atoms with Crippen LogP contribution in [0.5, 0.6) is 0 Å². The SMILES string of the molecule is CCC1=c2ccc([nH]2)=C(CC)c2[nH]c(c(CC)c2CC)C(C(=O)O)=c2c(CC)c(CC)c(n2CC)=C(CC)c2ccc1[nH]2. The monoisotopic (exact) mass is 580 g/mol. The fourth-order valence-corrected chi connectivity index (χ4v) is 7.60. The second kappa shape index (κ2) is 12.4. The zero-order chi connectivity index (χ0) is 31.0. The molecule has 43 heavy (non-hydrogen) atoms. The van der Waals surface area contributed by atoms with Crippen molar-refractivity contribution in [1.29, 1.82) is 0 Å². The van der Waals surface area contributed by atoms with Crippen LogP contribution in [0, 0.1) is 0 Å². The standard InChI is InChI=1S/C37H48N4O2/c1-9-21-22(10-2)34-32(37(42)43)36-24(12-4)23(11-3)35(41(36)16-8)27(15-7)31-20-18-29(39-31)25(13-5)28-17-19-30(38-28)26(14-6)33(21)40-34/h17-20,38-40H,9-16H2,1-8H3,(H,42,43). The number of hydrogen-bond acceptors (Lipinski definition) is 1. The fraction of sp³-hybridized carbons (Fsp3) is 0.432. The summed E-state index contributed by atoms with van der Waals surface area (Å²) in [6.07, 6.45) is 5.72. The predicted octanol–water partition coefficient (Wildman–Crippen LogP) is 5.17. The van der Waals surface area contributed by atoms with Crippen LogP contribution in [0.15, 0.2) is 24.3 Å². The molecule has 0 aliphatic carbocycles. The Hall–Kier alpha value is -3.93. The van der Waals surface area contributed by atoms with Crippen molar-refractivity contribution in [1.82, 2.24) is 19.5 Å². The fourth-order valence-electron chi connectivity index (χ4n) is 7.60. The van der Waals surface area contributed by atoms with Gasteiger partial charge in [0.05, 0.1) is 11.0 Å². The van der Waals surface area contributed by atoms with Crippen molar-refractivity contribution in [2.24, 2.45) is 0 Å². The number of H-pyrrole nitrogens is 3. The zero-order valence-corrected chi connectivity index (χ0v) is 27.3. The van der Waals surface area contributed by atoms with E-state index in [-0.39, 0.29) is 0 Å². The number of aliphatic carboxylic acids is 1. The maximum atomic E-state index is 13.5. The van der Waals surface area contributed by atoms with E-state index >= 15 is 0 Å². The number of carboxylic acid groups (broad SMARTS) is 1. The molecule has 0 aromatic carbocycles. The minimum absolute atomic E-state index is 0.386. The molecule has 4 aromatic heterocycles. The summed E-state index contributed by atoms with van der Waals surface area (Å²) in [6.45, 7) is 18.1.